The van der Waals surface area contributed by atoms with Gasteiger partial charge in [-0.1, -0.05) is 356 Å². The van der Waals surface area contributed by atoms with Gasteiger partial charge in [0.25, 0.3) is 0 Å². The first kappa shape index (κ1) is 75.3. The molecule has 0 spiro atoms. The lowest BCUT2D eigenvalue weighted by Gasteiger charge is -2.15. The molecule has 0 aliphatic carbocycles. The minimum absolute atomic E-state index is 0.0644. The summed E-state index contributed by atoms with van der Waals surface area (Å²) in [4.78, 5) is 24.6. The molecule has 0 aromatic carbocycles. The fourth-order valence-electron chi connectivity index (χ4n) is 10.4. The summed E-state index contributed by atoms with van der Waals surface area (Å²) in [5.41, 5.74) is 0. The molecule has 0 aliphatic heterocycles. The van der Waals surface area contributed by atoms with E-state index < -0.39 is 6.10 Å². The molecule has 0 radical (unpaired) electrons. The summed E-state index contributed by atoms with van der Waals surface area (Å²) in [5.74, 6) is -0.577. The minimum Gasteiger partial charge on any atom is -0.462 e. The van der Waals surface area contributed by atoms with Crippen LogP contribution in [0.5, 0.6) is 0 Å². The molecule has 0 rings (SSSR count). The van der Waals surface area contributed by atoms with Crippen LogP contribution in [0.2, 0.25) is 0 Å². The van der Waals surface area contributed by atoms with Gasteiger partial charge < -0.3 is 14.6 Å². The highest BCUT2D eigenvalue weighted by atomic mass is 16.6. The summed E-state index contributed by atoms with van der Waals surface area (Å²) >= 11 is 0. The zero-order chi connectivity index (χ0) is 56.2. The van der Waals surface area contributed by atoms with Crippen molar-refractivity contribution in [2.75, 3.05) is 13.2 Å². The summed E-state index contributed by atoms with van der Waals surface area (Å²) < 4.78 is 10.8. The Morgan fingerprint density at radius 2 is 0.551 bits per heavy atom. The average molecular weight is 1090 g/mol. The summed E-state index contributed by atoms with van der Waals surface area (Å²) in [7, 11) is 0. The third-order valence-electron chi connectivity index (χ3n) is 15.5. The number of esters is 2. The van der Waals surface area contributed by atoms with Crippen molar-refractivity contribution in [2.45, 2.75) is 367 Å². The van der Waals surface area contributed by atoms with Crippen molar-refractivity contribution in [1.82, 2.24) is 0 Å². The van der Waals surface area contributed by atoms with Crippen molar-refractivity contribution in [2.24, 2.45) is 0 Å². The molecule has 0 aromatic rings. The Morgan fingerprint density at radius 1 is 0.308 bits per heavy atom. The largest absolute Gasteiger partial charge is 0.462 e. The van der Waals surface area contributed by atoms with Gasteiger partial charge in [0.05, 0.1) is 6.61 Å². The van der Waals surface area contributed by atoms with E-state index in [0.717, 1.165) is 77.0 Å². The van der Waals surface area contributed by atoms with Crippen LogP contribution in [-0.2, 0) is 19.1 Å². The number of allylic oxidation sites excluding steroid dienone is 12. The number of hydrogen-bond acceptors (Lipinski definition) is 5. The van der Waals surface area contributed by atoms with Crippen LogP contribution >= 0.6 is 0 Å². The molecule has 1 atom stereocenters. The number of carbonyl (C=O) groups is 2. The number of rotatable bonds is 64. The molecule has 0 heterocycles. The molecule has 78 heavy (non-hydrogen) atoms. The van der Waals surface area contributed by atoms with Crippen LogP contribution in [0.15, 0.2) is 72.9 Å². The van der Waals surface area contributed by atoms with Crippen molar-refractivity contribution >= 4 is 11.9 Å². The Balaban J connectivity index is 3.43. The van der Waals surface area contributed by atoms with Crippen molar-refractivity contribution in [3.05, 3.63) is 72.9 Å². The third kappa shape index (κ3) is 65.9. The van der Waals surface area contributed by atoms with Gasteiger partial charge in [-0.2, -0.15) is 0 Å². The molecule has 0 saturated carbocycles. The molecule has 0 fully saturated rings. The van der Waals surface area contributed by atoms with Gasteiger partial charge >= 0.3 is 11.9 Å². The fourth-order valence-corrected chi connectivity index (χ4v) is 10.4. The van der Waals surface area contributed by atoms with Crippen LogP contribution < -0.4 is 0 Å². The van der Waals surface area contributed by atoms with E-state index in [1.165, 1.54) is 257 Å². The second-order valence-electron chi connectivity index (χ2n) is 23.2. The van der Waals surface area contributed by atoms with Crippen LogP contribution in [0.1, 0.15) is 361 Å². The van der Waals surface area contributed by atoms with Gasteiger partial charge in [-0.3, -0.25) is 9.59 Å². The van der Waals surface area contributed by atoms with E-state index in [9.17, 15) is 14.7 Å². The van der Waals surface area contributed by atoms with Gasteiger partial charge in [-0.05, 0) is 64.2 Å². The highest BCUT2D eigenvalue weighted by Crippen LogP contribution is 2.19. The number of hydrogen-bond donors (Lipinski definition) is 1. The molecular weight excluding hydrogens is 957 g/mol. The van der Waals surface area contributed by atoms with Gasteiger partial charge in [0.1, 0.15) is 6.61 Å². The van der Waals surface area contributed by atoms with E-state index in [-0.39, 0.29) is 25.2 Å². The molecule has 0 aromatic heterocycles. The van der Waals surface area contributed by atoms with Gasteiger partial charge in [-0.15, -0.1) is 0 Å². The number of aliphatic hydroxyl groups excluding tert-OH is 1. The Morgan fingerprint density at radius 3 is 0.833 bits per heavy atom. The first-order valence-corrected chi connectivity index (χ1v) is 34.5. The van der Waals surface area contributed by atoms with Gasteiger partial charge in [0.2, 0.25) is 0 Å². The van der Waals surface area contributed by atoms with Gasteiger partial charge in [-0.25, -0.2) is 0 Å². The molecule has 0 saturated heterocycles. The normalized spacial score (nSPS) is 12.6. The maximum absolute atomic E-state index is 12.4. The van der Waals surface area contributed by atoms with Gasteiger partial charge in [0, 0.05) is 12.8 Å². The average Bonchev–Trinajstić information content (AvgIpc) is 3.44. The lowest BCUT2D eigenvalue weighted by Crippen LogP contribution is -2.28. The maximum atomic E-state index is 12.4. The third-order valence-corrected chi connectivity index (χ3v) is 15.5. The number of carbonyl (C=O) groups excluding carboxylic acids is 2. The van der Waals surface area contributed by atoms with Crippen LogP contribution in [0.3, 0.4) is 0 Å². The van der Waals surface area contributed by atoms with E-state index in [2.05, 4.69) is 86.8 Å². The Labute approximate surface area is 486 Å². The monoisotopic (exact) mass is 1090 g/mol. The predicted octanol–water partition coefficient (Wildman–Crippen LogP) is 23.9. The van der Waals surface area contributed by atoms with Crippen LogP contribution in [0, 0.1) is 0 Å². The van der Waals surface area contributed by atoms with Crippen molar-refractivity contribution in [3.8, 4) is 0 Å². The quantitative estimate of drug-likeness (QED) is 0.0373. The number of ether oxygens (including phenoxy) is 2. The molecular formula is C73H132O5. The number of aliphatic hydroxyl groups is 1. The first-order valence-electron chi connectivity index (χ1n) is 34.5. The fraction of sp³-hybridized carbons (Fsp3) is 0.808. The molecule has 1 unspecified atom stereocenters. The van der Waals surface area contributed by atoms with Crippen molar-refractivity contribution < 1.29 is 24.2 Å². The van der Waals surface area contributed by atoms with Crippen LogP contribution in [0.25, 0.3) is 0 Å². The Bertz CT molecular complexity index is 1370. The smallest absolute Gasteiger partial charge is 0.306 e. The molecule has 5 heteroatoms. The standard InChI is InChI=1S/C73H132O5/c1-3-5-7-9-11-13-15-17-19-21-23-25-27-29-31-33-35-36-38-39-41-43-45-47-49-51-53-55-57-59-61-63-65-67-72(75)77-70-71(69-74)78-73(76)68-66-64-62-60-58-56-54-52-50-48-46-44-42-40-37-34-32-30-28-26-24-22-20-18-16-14-12-10-8-6-4-2/h6,8,12,14,18,20,24,26,30,32,37,40,71,74H,3-5,7,9-11,13,15-17,19,21-23,25,27-29,31,33-36,38-39,41-70H2,1-2H3/b8-6-,14-12-,20-18-,26-24-,32-30-,40-37-. The topological polar surface area (TPSA) is 72.8 Å². The Hall–Kier alpha value is -2.66. The van der Waals surface area contributed by atoms with Crippen molar-refractivity contribution in [3.63, 3.8) is 0 Å². The summed E-state index contributed by atoms with van der Waals surface area (Å²) in [6.45, 7) is 4.08. The second kappa shape index (κ2) is 68.6. The lowest BCUT2D eigenvalue weighted by atomic mass is 10.0. The number of unbranched alkanes of at least 4 members (excludes halogenated alkanes) is 44. The van der Waals surface area contributed by atoms with Crippen LogP contribution in [-0.4, -0.2) is 36.4 Å². The SMILES string of the molecule is CC/C=C\C/C=C\C/C=C\C/C=C\C/C=C\C/C=C\CCCCCCCCCCCCCCC(=O)OC(CO)COC(=O)CCCCCCCCCCCCCCCCCCCCCCCCCCCCCCCCCCC. The molecule has 5 nitrogen and oxygen atoms in total. The maximum Gasteiger partial charge on any atom is 0.306 e. The lowest BCUT2D eigenvalue weighted by molar-refractivity contribution is -0.161. The van der Waals surface area contributed by atoms with E-state index in [1.54, 1.807) is 0 Å². The van der Waals surface area contributed by atoms with E-state index in [0.29, 0.717) is 12.8 Å². The summed E-state index contributed by atoms with van der Waals surface area (Å²) in [6.07, 6.45) is 95.1. The zero-order valence-electron chi connectivity index (χ0n) is 52.2. The minimum atomic E-state index is -0.776. The summed E-state index contributed by atoms with van der Waals surface area (Å²) in [6, 6.07) is 0. The molecule has 1 N–H and O–H groups in total. The van der Waals surface area contributed by atoms with E-state index >= 15 is 0 Å². The van der Waals surface area contributed by atoms with Gasteiger partial charge in [0.15, 0.2) is 6.10 Å². The predicted molar refractivity (Wildman–Crippen MR) is 343 cm³/mol. The van der Waals surface area contributed by atoms with E-state index in [4.69, 9.17) is 9.47 Å². The van der Waals surface area contributed by atoms with E-state index in [1.807, 2.05) is 0 Å². The zero-order valence-corrected chi connectivity index (χ0v) is 52.2. The molecule has 0 amide bonds. The Kier molecular flexibility index (Phi) is 66.3. The molecule has 0 aliphatic rings. The first-order chi connectivity index (χ1) is 38.6. The highest BCUT2D eigenvalue weighted by molar-refractivity contribution is 5.70. The second-order valence-corrected chi connectivity index (χ2v) is 23.2. The highest BCUT2D eigenvalue weighted by Gasteiger charge is 2.16. The summed E-state index contributed by atoms with van der Waals surface area (Å²) in [5, 5.41) is 9.70. The van der Waals surface area contributed by atoms with Crippen LogP contribution in [0.4, 0.5) is 0 Å². The molecule has 0 bridgehead atoms. The molecule has 454 valence electrons. The van der Waals surface area contributed by atoms with Crippen molar-refractivity contribution in [1.29, 1.82) is 0 Å².